The number of fused-ring (bicyclic) bond motifs is 1. The van der Waals surface area contributed by atoms with Crippen molar-refractivity contribution in [3.8, 4) is 0 Å². The Morgan fingerprint density at radius 1 is 1.34 bits per heavy atom. The summed E-state index contributed by atoms with van der Waals surface area (Å²) in [6.45, 7) is 10.4. The maximum atomic E-state index is 13.2. The highest BCUT2D eigenvalue weighted by atomic mass is 35.5. The number of aromatic nitrogens is 3. The van der Waals surface area contributed by atoms with E-state index in [0.29, 0.717) is 35.1 Å². The first-order valence-electron chi connectivity index (χ1n) is 10.2. The molecule has 32 heavy (non-hydrogen) atoms. The number of nitrogen functional groups attached to an aromatic ring is 1. The van der Waals surface area contributed by atoms with Gasteiger partial charge in [-0.25, -0.2) is 19.8 Å². The molecular formula is C22H22ClN7O2. The van der Waals surface area contributed by atoms with Gasteiger partial charge in [-0.1, -0.05) is 23.7 Å². The van der Waals surface area contributed by atoms with E-state index in [4.69, 9.17) is 28.6 Å². The molecule has 1 atom stereocenters. The quantitative estimate of drug-likeness (QED) is 0.503. The Hall–Kier alpha value is -3.48. The Morgan fingerprint density at radius 3 is 2.88 bits per heavy atom. The molecule has 3 heterocycles. The fourth-order valence-corrected chi connectivity index (χ4v) is 3.90. The summed E-state index contributed by atoms with van der Waals surface area (Å²) >= 11 is 6.45. The number of rotatable bonds is 5. The van der Waals surface area contributed by atoms with Crippen molar-refractivity contribution in [2.45, 2.75) is 31.8 Å². The Labute approximate surface area is 190 Å². The van der Waals surface area contributed by atoms with Crippen molar-refractivity contribution in [1.29, 1.82) is 0 Å². The van der Waals surface area contributed by atoms with Crippen LogP contribution < -0.4 is 16.4 Å². The number of carbonyl (C=O) groups excluding carboxylic acids is 1. The van der Waals surface area contributed by atoms with Crippen molar-refractivity contribution in [2.75, 3.05) is 24.3 Å². The lowest BCUT2D eigenvalue weighted by atomic mass is 10.0. The van der Waals surface area contributed by atoms with Crippen LogP contribution in [-0.4, -0.2) is 40.1 Å². The van der Waals surface area contributed by atoms with E-state index in [0.717, 1.165) is 18.2 Å². The monoisotopic (exact) mass is 451 g/mol. The summed E-state index contributed by atoms with van der Waals surface area (Å²) in [5, 5.41) is 8.06. The summed E-state index contributed by atoms with van der Waals surface area (Å²) in [5.74, 6) is 0.0836. The molecular weight excluding hydrogens is 430 g/mol. The van der Waals surface area contributed by atoms with Gasteiger partial charge < -0.3 is 21.1 Å². The molecule has 1 fully saturated rings. The number of nitrogens with two attached hydrogens (primary N) is 1. The molecule has 4 rings (SSSR count). The first-order valence-corrected chi connectivity index (χ1v) is 10.6. The molecule has 9 nitrogen and oxygen atoms in total. The number of carbonyl (C=O) groups is 1. The minimum absolute atomic E-state index is 0.0278. The third-order valence-electron chi connectivity index (χ3n) is 5.30. The number of hydrogen-bond acceptors (Lipinski definition) is 7. The lowest BCUT2D eigenvalue weighted by Crippen LogP contribution is -2.39. The first kappa shape index (κ1) is 21.7. The summed E-state index contributed by atoms with van der Waals surface area (Å²) < 4.78 is 5.37. The predicted octanol–water partition coefficient (Wildman–Crippen LogP) is 3.89. The van der Waals surface area contributed by atoms with Crippen molar-refractivity contribution in [2.24, 2.45) is 0 Å². The largest absolute Gasteiger partial charge is 0.381 e. The number of anilines is 2. The third kappa shape index (κ3) is 4.56. The molecule has 1 aliphatic heterocycles. The molecule has 0 aliphatic carbocycles. The lowest BCUT2D eigenvalue weighted by Gasteiger charge is -2.23. The zero-order valence-corrected chi connectivity index (χ0v) is 18.2. The van der Waals surface area contributed by atoms with Crippen molar-refractivity contribution in [3.05, 3.63) is 58.3 Å². The van der Waals surface area contributed by atoms with Crippen LogP contribution in [0.2, 0.25) is 5.02 Å². The summed E-state index contributed by atoms with van der Waals surface area (Å²) in [7, 11) is 0. The maximum Gasteiger partial charge on any atom is 0.270 e. The number of hydrogen-bond donors (Lipinski definition) is 3. The minimum atomic E-state index is -0.372. The van der Waals surface area contributed by atoms with Crippen LogP contribution in [0, 0.1) is 6.57 Å². The van der Waals surface area contributed by atoms with E-state index in [1.807, 2.05) is 25.1 Å². The van der Waals surface area contributed by atoms with Crippen molar-refractivity contribution in [3.63, 3.8) is 0 Å². The molecule has 0 saturated carbocycles. The van der Waals surface area contributed by atoms with Gasteiger partial charge in [0.1, 0.15) is 11.5 Å². The number of amides is 1. The topological polar surface area (TPSA) is 119 Å². The smallest absolute Gasteiger partial charge is 0.270 e. The van der Waals surface area contributed by atoms with Gasteiger partial charge >= 0.3 is 0 Å². The predicted molar refractivity (Wildman–Crippen MR) is 123 cm³/mol. The van der Waals surface area contributed by atoms with E-state index >= 15 is 0 Å². The van der Waals surface area contributed by atoms with Crippen LogP contribution in [0.4, 0.5) is 17.5 Å². The highest BCUT2D eigenvalue weighted by Crippen LogP contribution is 2.31. The molecule has 3 aromatic rings. The van der Waals surface area contributed by atoms with E-state index in [9.17, 15) is 4.79 Å². The Morgan fingerprint density at radius 2 is 2.12 bits per heavy atom. The zero-order valence-electron chi connectivity index (χ0n) is 17.4. The number of nitrogens with zero attached hydrogens (tertiary/aromatic N) is 4. The van der Waals surface area contributed by atoms with Gasteiger partial charge in [0.05, 0.1) is 23.3 Å². The van der Waals surface area contributed by atoms with Gasteiger partial charge in [-0.3, -0.25) is 4.79 Å². The highest BCUT2D eigenvalue weighted by molar-refractivity contribution is 6.36. The van der Waals surface area contributed by atoms with E-state index in [-0.39, 0.29) is 35.3 Å². The van der Waals surface area contributed by atoms with Gasteiger partial charge in [0, 0.05) is 30.8 Å². The second-order valence-corrected chi connectivity index (χ2v) is 7.94. The van der Waals surface area contributed by atoms with Gasteiger partial charge in [-0.05, 0) is 37.3 Å². The third-order valence-corrected chi connectivity index (χ3v) is 5.62. The number of benzene rings is 1. The molecule has 1 aliphatic rings. The van der Waals surface area contributed by atoms with E-state index in [2.05, 4.69) is 30.4 Å². The number of halogens is 1. The van der Waals surface area contributed by atoms with Crippen LogP contribution >= 0.6 is 11.6 Å². The van der Waals surface area contributed by atoms with Crippen LogP contribution in [0.5, 0.6) is 0 Å². The summed E-state index contributed by atoms with van der Waals surface area (Å²) in [4.78, 5) is 29.2. The van der Waals surface area contributed by atoms with Gasteiger partial charge in [-0.2, -0.15) is 0 Å². The van der Waals surface area contributed by atoms with Crippen molar-refractivity contribution < 1.29 is 9.53 Å². The minimum Gasteiger partial charge on any atom is -0.381 e. The highest BCUT2D eigenvalue weighted by Gasteiger charge is 2.23. The Bertz CT molecular complexity index is 1200. The van der Waals surface area contributed by atoms with Crippen molar-refractivity contribution >= 4 is 45.7 Å². The van der Waals surface area contributed by atoms with Crippen LogP contribution in [0.3, 0.4) is 0 Å². The average Bonchev–Trinajstić information content (AvgIpc) is 2.79. The molecule has 1 amide bonds. The Balaban J connectivity index is 1.70. The molecule has 164 valence electrons. The van der Waals surface area contributed by atoms with Crippen LogP contribution in [0.15, 0.2) is 30.5 Å². The van der Waals surface area contributed by atoms with Crippen molar-refractivity contribution in [1.82, 2.24) is 20.3 Å². The van der Waals surface area contributed by atoms with Gasteiger partial charge in [0.15, 0.2) is 0 Å². The van der Waals surface area contributed by atoms with Crippen LogP contribution in [0.1, 0.15) is 42.0 Å². The van der Waals surface area contributed by atoms with E-state index in [1.54, 1.807) is 6.07 Å². The lowest BCUT2D eigenvalue weighted by molar-refractivity contribution is 0.0695. The van der Waals surface area contributed by atoms with E-state index in [1.165, 1.54) is 6.20 Å². The molecule has 0 bridgehead atoms. The average molecular weight is 452 g/mol. The fraction of sp³-hybridized carbons (Fsp3) is 0.318. The van der Waals surface area contributed by atoms with Crippen LogP contribution in [-0.2, 0) is 4.74 Å². The van der Waals surface area contributed by atoms with Gasteiger partial charge in [0.2, 0.25) is 11.6 Å². The maximum absolute atomic E-state index is 13.2. The fourth-order valence-electron chi connectivity index (χ4n) is 3.63. The van der Waals surface area contributed by atoms with Gasteiger partial charge in [-0.15, -0.1) is 0 Å². The Kier molecular flexibility index (Phi) is 6.35. The zero-order chi connectivity index (χ0) is 22.7. The molecule has 4 N–H and O–H groups in total. The number of nitrogens with one attached hydrogen (secondary N) is 2. The van der Waals surface area contributed by atoms with E-state index < -0.39 is 0 Å². The number of pyridine rings is 1. The second-order valence-electron chi connectivity index (χ2n) is 7.53. The SMILES string of the molecule is [C-]#[N+]c1cnc(N)nc1N[C@@H](C)c1cc2cccc(Cl)c2c(C(=O)NC2CCOCC2)n1. The molecule has 1 aromatic carbocycles. The summed E-state index contributed by atoms with van der Waals surface area (Å²) in [6.07, 6.45) is 2.87. The summed E-state index contributed by atoms with van der Waals surface area (Å²) in [6, 6.07) is 6.98. The molecule has 10 heteroatoms. The molecule has 1 saturated heterocycles. The normalized spacial score (nSPS) is 15.2. The number of ether oxygens (including phenoxy) is 1. The molecule has 0 spiro atoms. The van der Waals surface area contributed by atoms with Crippen LogP contribution in [0.25, 0.3) is 15.6 Å². The molecule has 0 radical (unpaired) electrons. The van der Waals surface area contributed by atoms with Gasteiger partial charge in [0.25, 0.3) is 5.91 Å². The molecule has 2 aromatic heterocycles. The summed E-state index contributed by atoms with van der Waals surface area (Å²) in [5.41, 5.74) is 6.79. The standard InChI is InChI=1S/C22H22ClN7O2/c1-12(27-20-17(25-2)11-26-22(24)30-20)16-10-13-4-3-5-15(23)18(13)19(29-16)21(31)28-14-6-8-32-9-7-14/h3-5,10-12,14H,6-9H2,1H3,(H,28,31)(H3,24,26,27,30)/t12-/m0/s1. The second kappa shape index (κ2) is 9.34. The molecule has 0 unspecified atom stereocenters. The first-order chi connectivity index (χ1) is 15.5.